The van der Waals surface area contributed by atoms with Crippen LogP contribution in [0.25, 0.3) is 112 Å². The number of methoxy groups -OCH3 is 4. The average Bonchev–Trinajstić information content (AvgIpc) is 1.64. The Hall–Kier alpha value is -9.68. The van der Waals surface area contributed by atoms with Crippen LogP contribution in [0.2, 0.25) is 0 Å². The molecule has 11 rings (SSSR count). The van der Waals surface area contributed by atoms with E-state index in [0.29, 0.717) is 89.4 Å². The van der Waals surface area contributed by atoms with Crippen molar-refractivity contribution in [3.05, 3.63) is 190 Å². The maximum absolute atomic E-state index is 14.1. The second-order valence-corrected chi connectivity index (χ2v) is 26.9. The van der Waals surface area contributed by atoms with Gasteiger partial charge in [-0.3, -0.25) is 0 Å². The van der Waals surface area contributed by atoms with Gasteiger partial charge in [0.25, 0.3) is 0 Å². The van der Waals surface area contributed by atoms with Gasteiger partial charge < -0.3 is 28.9 Å². The molecule has 0 atom stereocenters. The number of H-pyrrole nitrogens is 2. The number of aromatic amines is 2. The standard InChI is InChI=1S/C76H74N4O8/c1-73(2,3)45-25-17-41(18-26-45)61-57-33-34-58(77-57)62(42-19-27-46(28-20-42)74(4,5)6)67-51-39-55(71(83)87-15)56(72(84)88-16)40-52(51)68(80-67)64(44-23-31-48(32-24-44)76(10,11)12)60-36-35-59(78-60)63(43-21-29-47(30-22-43)75(7,8)9)66-50-38-54(70(82)86-14)53(69(81)85-13)37-49(50)65(61)79-66/h17-40,77-78H,1-16H3. The minimum Gasteiger partial charge on any atom is -0.465 e. The van der Waals surface area contributed by atoms with Gasteiger partial charge in [-0.25, -0.2) is 29.1 Å². The second-order valence-electron chi connectivity index (χ2n) is 26.9. The van der Waals surface area contributed by atoms with Crippen molar-refractivity contribution >= 4 is 45.9 Å². The van der Waals surface area contributed by atoms with Gasteiger partial charge >= 0.3 is 23.9 Å². The number of hydrogen-bond acceptors (Lipinski definition) is 10. The Balaban J connectivity index is 1.44. The van der Waals surface area contributed by atoms with Gasteiger partial charge in [-0.2, -0.15) is 0 Å². The monoisotopic (exact) mass is 1170 g/mol. The van der Waals surface area contributed by atoms with Crippen molar-refractivity contribution in [1.82, 2.24) is 19.9 Å². The third-order valence-corrected chi connectivity index (χ3v) is 17.0. The van der Waals surface area contributed by atoms with E-state index in [2.05, 4.69) is 190 Å². The molecule has 2 N–H and O–H groups in total. The van der Waals surface area contributed by atoms with Crippen molar-refractivity contribution < 1.29 is 38.1 Å². The summed E-state index contributed by atoms with van der Waals surface area (Å²) in [6, 6.07) is 48.7. The molecule has 8 bridgehead atoms. The van der Waals surface area contributed by atoms with E-state index in [1.54, 1.807) is 24.3 Å². The molecule has 0 amide bonds. The third-order valence-electron chi connectivity index (χ3n) is 17.0. The summed E-state index contributed by atoms with van der Waals surface area (Å²) in [5.41, 5.74) is 16.9. The first-order valence-corrected chi connectivity index (χ1v) is 29.6. The highest BCUT2D eigenvalue weighted by Gasteiger charge is 2.34. The van der Waals surface area contributed by atoms with Crippen molar-refractivity contribution in [2.45, 2.75) is 105 Å². The number of benzene rings is 6. The van der Waals surface area contributed by atoms with Crippen LogP contribution in [0.5, 0.6) is 0 Å². The molecular weight excluding hydrogens is 1100 g/mol. The number of carbonyl (C=O) groups is 4. The van der Waals surface area contributed by atoms with Crippen LogP contribution in [0.15, 0.2) is 146 Å². The van der Waals surface area contributed by atoms with Gasteiger partial charge in [0.15, 0.2) is 0 Å². The summed E-state index contributed by atoms with van der Waals surface area (Å²) in [6.07, 6.45) is 0. The van der Waals surface area contributed by atoms with Gasteiger partial charge in [0.1, 0.15) is 0 Å². The van der Waals surface area contributed by atoms with Crippen LogP contribution in [0.4, 0.5) is 0 Å². The number of aromatic nitrogens is 4. The van der Waals surface area contributed by atoms with Crippen LogP contribution in [0.3, 0.4) is 0 Å². The number of rotatable bonds is 8. The van der Waals surface area contributed by atoms with E-state index in [-0.39, 0.29) is 43.9 Å². The molecule has 0 spiro atoms. The van der Waals surface area contributed by atoms with E-state index in [1.807, 2.05) is 24.3 Å². The zero-order valence-electron chi connectivity index (χ0n) is 53.0. The van der Waals surface area contributed by atoms with E-state index in [4.69, 9.17) is 28.9 Å². The summed E-state index contributed by atoms with van der Waals surface area (Å²) < 4.78 is 21.6. The Bertz CT molecular complexity index is 3930. The molecule has 9 aromatic rings. The maximum atomic E-state index is 14.1. The number of hydrogen-bond donors (Lipinski definition) is 2. The molecule has 0 unspecified atom stereocenters. The Morgan fingerprint density at radius 2 is 0.477 bits per heavy atom. The molecule has 12 heteroatoms. The van der Waals surface area contributed by atoms with E-state index in [0.717, 1.165) is 44.5 Å². The summed E-state index contributed by atoms with van der Waals surface area (Å²) >= 11 is 0. The number of esters is 4. The fourth-order valence-electron chi connectivity index (χ4n) is 11.9. The molecular formula is C76H74N4O8. The topological polar surface area (TPSA) is 163 Å². The molecule has 2 aliphatic rings. The molecule has 12 nitrogen and oxygen atoms in total. The lowest BCUT2D eigenvalue weighted by atomic mass is 9.85. The molecule has 0 radical (unpaired) electrons. The number of nitrogens with zero attached hydrogens (tertiary/aromatic N) is 2. The SMILES string of the molecule is COC(=O)c1cc2c(cc1C(=O)OC)-c1nc-2c(-c2ccc(C(C)(C)C)cc2)c2ccc([nH]2)c(-c2ccc(C(C)(C)C)cc2)c2nc(c(-c3ccc(C(C)(C)C)cc3)c3ccc([nH]3)c1-c1ccc(C(C)(C)C)cc1)-c1cc(C(=O)OC)c(C(=O)OC)cc1-2. The van der Waals surface area contributed by atoms with Crippen molar-refractivity contribution in [3.63, 3.8) is 0 Å². The van der Waals surface area contributed by atoms with Crippen molar-refractivity contribution in [2.24, 2.45) is 0 Å². The highest BCUT2D eigenvalue weighted by molar-refractivity contribution is 6.13. The first kappa shape index (κ1) is 60.0. The molecule has 0 fully saturated rings. The van der Waals surface area contributed by atoms with Crippen molar-refractivity contribution in [2.75, 3.05) is 28.4 Å². The minimum atomic E-state index is -0.721. The lowest BCUT2D eigenvalue weighted by molar-refractivity contribution is 0.0555. The van der Waals surface area contributed by atoms with E-state index in [1.165, 1.54) is 28.4 Å². The molecule has 3 aromatic heterocycles. The number of carbonyl (C=O) groups excluding carboxylic acids is 4. The number of ether oxygens (including phenoxy) is 4. The largest absolute Gasteiger partial charge is 0.465 e. The summed E-state index contributed by atoms with van der Waals surface area (Å²) in [5, 5.41) is 0. The van der Waals surface area contributed by atoms with Crippen LogP contribution >= 0.6 is 0 Å². The van der Waals surface area contributed by atoms with Gasteiger partial charge in [-0.15, -0.1) is 0 Å². The van der Waals surface area contributed by atoms with Crippen LogP contribution in [-0.4, -0.2) is 72.3 Å². The zero-order chi connectivity index (χ0) is 63.1. The van der Waals surface area contributed by atoms with Crippen molar-refractivity contribution in [1.29, 1.82) is 0 Å². The zero-order valence-corrected chi connectivity index (χ0v) is 53.0. The molecule has 6 aromatic carbocycles. The highest BCUT2D eigenvalue weighted by Crippen LogP contribution is 2.51. The molecule has 0 aliphatic carbocycles. The molecule has 0 saturated carbocycles. The Labute approximate surface area is 514 Å². The molecule has 2 aliphatic heterocycles. The second kappa shape index (κ2) is 22.2. The average molecular weight is 1170 g/mol. The molecule has 88 heavy (non-hydrogen) atoms. The predicted molar refractivity (Wildman–Crippen MR) is 352 cm³/mol. The Kier molecular flexibility index (Phi) is 15.2. The molecule has 0 saturated heterocycles. The lowest BCUT2D eigenvalue weighted by Crippen LogP contribution is -2.12. The van der Waals surface area contributed by atoms with Gasteiger partial charge in [-0.1, -0.05) is 180 Å². The van der Waals surface area contributed by atoms with E-state index < -0.39 is 23.9 Å². The predicted octanol–water partition coefficient (Wildman–Crippen LogP) is 18.0. The van der Waals surface area contributed by atoms with Gasteiger partial charge in [0.05, 0.1) is 73.5 Å². The fourth-order valence-corrected chi connectivity index (χ4v) is 11.9. The van der Waals surface area contributed by atoms with Crippen LogP contribution < -0.4 is 0 Å². The fraction of sp³-hybridized carbons (Fsp3) is 0.263. The van der Waals surface area contributed by atoms with E-state index >= 15 is 0 Å². The van der Waals surface area contributed by atoms with Gasteiger partial charge in [-0.05, 0) is 115 Å². The van der Waals surface area contributed by atoms with Crippen LogP contribution in [0.1, 0.15) is 147 Å². The number of nitrogens with one attached hydrogen (secondary N) is 2. The van der Waals surface area contributed by atoms with Crippen LogP contribution in [0, 0.1) is 0 Å². The lowest BCUT2D eigenvalue weighted by Gasteiger charge is -2.19. The Morgan fingerprint density at radius 1 is 0.295 bits per heavy atom. The summed E-state index contributed by atoms with van der Waals surface area (Å²) in [4.78, 5) is 75.7. The third kappa shape index (κ3) is 10.8. The van der Waals surface area contributed by atoms with E-state index in [9.17, 15) is 19.2 Å². The maximum Gasteiger partial charge on any atom is 0.338 e. The molecule has 5 heterocycles. The quantitative estimate of drug-likeness (QED) is 0.111. The summed E-state index contributed by atoms with van der Waals surface area (Å²) in [7, 11) is 5.16. The smallest absolute Gasteiger partial charge is 0.338 e. The van der Waals surface area contributed by atoms with Gasteiger partial charge in [0.2, 0.25) is 0 Å². The minimum absolute atomic E-state index is 0.0123. The van der Waals surface area contributed by atoms with Gasteiger partial charge in [0, 0.05) is 66.6 Å². The number of fused-ring (bicyclic) bond motifs is 14. The summed E-state index contributed by atoms with van der Waals surface area (Å²) in [6.45, 7) is 26.1. The summed E-state index contributed by atoms with van der Waals surface area (Å²) in [5.74, 6) is -2.88. The highest BCUT2D eigenvalue weighted by atomic mass is 16.5. The first-order chi connectivity index (χ1) is 41.6. The van der Waals surface area contributed by atoms with Crippen LogP contribution in [-0.2, 0) is 40.6 Å². The normalized spacial score (nSPS) is 12.3. The molecule has 446 valence electrons. The Morgan fingerprint density at radius 3 is 0.636 bits per heavy atom. The van der Waals surface area contributed by atoms with Crippen molar-refractivity contribution in [3.8, 4) is 89.5 Å². The first-order valence-electron chi connectivity index (χ1n) is 29.6.